The second-order valence-electron chi connectivity index (χ2n) is 11.2. The van der Waals surface area contributed by atoms with E-state index in [1.165, 1.54) is 11.1 Å². The van der Waals surface area contributed by atoms with Gasteiger partial charge in [-0.05, 0) is 55.3 Å². The van der Waals surface area contributed by atoms with Crippen LogP contribution in [0.1, 0.15) is 29.9 Å². The van der Waals surface area contributed by atoms with Crippen molar-refractivity contribution >= 4 is 40.1 Å². The smallest absolute Gasteiger partial charge is 0.227 e. The second-order valence-corrected chi connectivity index (χ2v) is 12.1. The highest BCUT2D eigenvalue weighted by Gasteiger charge is 2.21. The number of benzene rings is 2. The minimum absolute atomic E-state index is 0.174. The number of ether oxygens (including phenoxy) is 2. The summed E-state index contributed by atoms with van der Waals surface area (Å²) < 4.78 is 12.1. The molecule has 0 radical (unpaired) electrons. The van der Waals surface area contributed by atoms with Crippen molar-refractivity contribution in [3.8, 4) is 16.3 Å². The van der Waals surface area contributed by atoms with Crippen molar-refractivity contribution in [2.45, 2.75) is 31.4 Å². The van der Waals surface area contributed by atoms with Crippen molar-refractivity contribution < 1.29 is 9.47 Å². The van der Waals surface area contributed by atoms with Crippen molar-refractivity contribution in [2.75, 3.05) is 58.3 Å². The average molecular weight is 585 g/mol. The number of likely N-dealkylation sites (N-methyl/N-ethyl adjacent to an activating group) is 1. The summed E-state index contributed by atoms with van der Waals surface area (Å²) in [5.74, 6) is 1.63. The third-order valence-electron chi connectivity index (χ3n) is 8.04. The molecule has 2 aromatic heterocycles. The fourth-order valence-electron chi connectivity index (χ4n) is 5.84. The molecule has 2 saturated heterocycles. The zero-order chi connectivity index (χ0) is 28.3. The van der Waals surface area contributed by atoms with Crippen LogP contribution >= 0.6 is 11.3 Å². The van der Waals surface area contributed by atoms with Crippen molar-refractivity contribution in [2.24, 2.45) is 5.10 Å². The second kappa shape index (κ2) is 12.3. The lowest BCUT2D eigenvalue weighted by molar-refractivity contribution is 0.0342. The normalized spacial score (nSPS) is 19.9. The maximum Gasteiger partial charge on any atom is 0.227 e. The van der Waals surface area contributed by atoms with Gasteiger partial charge >= 0.3 is 0 Å². The van der Waals surface area contributed by atoms with E-state index < -0.39 is 0 Å². The Morgan fingerprint density at radius 2 is 1.98 bits per heavy atom. The van der Waals surface area contributed by atoms with Crippen LogP contribution < -0.4 is 15.4 Å². The molecule has 0 amide bonds. The topological polar surface area (TPSA) is 100 Å². The molecule has 7 rings (SSSR count). The predicted molar refractivity (Wildman–Crippen MR) is 167 cm³/mol. The molecule has 11 heteroatoms. The number of hydrazone groups is 1. The summed E-state index contributed by atoms with van der Waals surface area (Å²) in [5.41, 5.74) is 5.30. The van der Waals surface area contributed by atoms with Crippen LogP contribution in [0.4, 0.5) is 11.6 Å². The predicted octanol–water partition coefficient (Wildman–Crippen LogP) is 4.47. The summed E-state index contributed by atoms with van der Waals surface area (Å²) >= 11 is 1.61. The molecule has 10 nitrogen and oxygen atoms in total. The van der Waals surface area contributed by atoms with Crippen LogP contribution in [-0.2, 0) is 11.3 Å². The van der Waals surface area contributed by atoms with Gasteiger partial charge in [-0.3, -0.25) is 9.91 Å². The molecule has 4 aromatic rings. The Labute approximate surface area is 249 Å². The Bertz CT molecular complexity index is 1550. The van der Waals surface area contributed by atoms with Gasteiger partial charge in [0.25, 0.3) is 0 Å². The zero-order valence-electron chi connectivity index (χ0n) is 23.8. The molecule has 1 atom stereocenters. The highest BCUT2D eigenvalue weighted by molar-refractivity contribution is 7.13. The molecule has 2 aromatic carbocycles. The monoisotopic (exact) mass is 584 g/mol. The van der Waals surface area contributed by atoms with E-state index in [0.29, 0.717) is 5.95 Å². The van der Waals surface area contributed by atoms with E-state index in [9.17, 15) is 0 Å². The van der Waals surface area contributed by atoms with E-state index >= 15 is 0 Å². The Morgan fingerprint density at radius 3 is 2.76 bits per heavy atom. The first-order chi connectivity index (χ1) is 20.7. The number of piperidine rings is 1. The van der Waals surface area contributed by atoms with Gasteiger partial charge < -0.3 is 20.1 Å². The van der Waals surface area contributed by atoms with E-state index in [1.807, 2.05) is 42.1 Å². The standard InChI is InChI=1S/C31H36N8O2S/c1-38-20-24(18-35-38)22-12-21(19-39-7-9-40-10-8-39)13-25(14-22)36-31-34-17-23-15-27(30-33-6-11-42-30)29(16-28(23)37-31)41-26-2-4-32-5-3-26/h6,11-18,24,26,32H,2-5,7-10,19-20H2,1H3,(H,34,36,37). The summed E-state index contributed by atoms with van der Waals surface area (Å²) in [6.07, 6.45) is 7.89. The fourth-order valence-corrected chi connectivity index (χ4v) is 6.50. The summed E-state index contributed by atoms with van der Waals surface area (Å²) in [4.78, 5) is 16.7. The molecule has 1 unspecified atom stereocenters. The Balaban J connectivity index is 1.19. The molecule has 0 bridgehead atoms. The van der Waals surface area contributed by atoms with E-state index in [2.05, 4.69) is 49.9 Å². The number of morpholine rings is 1. The van der Waals surface area contributed by atoms with E-state index in [-0.39, 0.29) is 12.0 Å². The quantitative estimate of drug-likeness (QED) is 0.311. The summed E-state index contributed by atoms with van der Waals surface area (Å²) in [5, 5.41) is 17.3. The molecular formula is C31H36N8O2S. The first-order valence-electron chi connectivity index (χ1n) is 14.7. The Morgan fingerprint density at radius 1 is 1.10 bits per heavy atom. The largest absolute Gasteiger partial charge is 0.490 e. The minimum atomic E-state index is 0.174. The Hall–Kier alpha value is -3.64. The molecule has 5 heterocycles. The lowest BCUT2D eigenvalue weighted by Crippen LogP contribution is -2.35. The number of rotatable bonds is 8. The molecule has 218 valence electrons. The van der Waals surface area contributed by atoms with Crippen molar-refractivity contribution in [1.82, 2.24) is 30.2 Å². The van der Waals surface area contributed by atoms with Gasteiger partial charge in [-0.15, -0.1) is 11.3 Å². The maximum absolute atomic E-state index is 6.56. The van der Waals surface area contributed by atoms with Gasteiger partial charge in [0.05, 0.1) is 24.3 Å². The third kappa shape index (κ3) is 6.24. The van der Waals surface area contributed by atoms with Crippen LogP contribution in [0.3, 0.4) is 0 Å². The summed E-state index contributed by atoms with van der Waals surface area (Å²) in [6, 6.07) is 10.9. The number of hydrogen-bond donors (Lipinski definition) is 2. The lowest BCUT2D eigenvalue weighted by Gasteiger charge is -2.27. The van der Waals surface area contributed by atoms with Crippen LogP contribution in [0.15, 0.2) is 53.2 Å². The number of hydrogen-bond acceptors (Lipinski definition) is 11. The van der Waals surface area contributed by atoms with Gasteiger partial charge in [0.15, 0.2) is 0 Å². The molecule has 3 aliphatic heterocycles. The molecule has 3 aliphatic rings. The number of anilines is 2. The highest BCUT2D eigenvalue weighted by Crippen LogP contribution is 2.36. The maximum atomic E-state index is 6.56. The number of nitrogens with zero attached hydrogens (tertiary/aromatic N) is 6. The molecule has 42 heavy (non-hydrogen) atoms. The minimum Gasteiger partial charge on any atom is -0.490 e. The van der Waals surface area contributed by atoms with Gasteiger partial charge in [-0.25, -0.2) is 15.0 Å². The number of aromatic nitrogens is 3. The Kier molecular flexibility index (Phi) is 7.97. The molecular weight excluding hydrogens is 548 g/mol. The lowest BCUT2D eigenvalue weighted by atomic mass is 9.97. The molecule has 0 aliphatic carbocycles. The first-order valence-corrected chi connectivity index (χ1v) is 15.6. The number of thiazole rings is 1. The number of nitrogens with one attached hydrogen (secondary N) is 2. The molecule has 0 spiro atoms. The van der Waals surface area contributed by atoms with Crippen molar-refractivity contribution in [3.63, 3.8) is 0 Å². The highest BCUT2D eigenvalue weighted by atomic mass is 32.1. The molecule has 0 saturated carbocycles. The van der Waals surface area contributed by atoms with Crippen LogP contribution in [0.5, 0.6) is 5.75 Å². The van der Waals surface area contributed by atoms with Gasteiger partial charge in [0.2, 0.25) is 5.95 Å². The van der Waals surface area contributed by atoms with Gasteiger partial charge in [-0.1, -0.05) is 6.07 Å². The van der Waals surface area contributed by atoms with Gasteiger partial charge in [0, 0.05) is 80.3 Å². The first kappa shape index (κ1) is 27.2. The van der Waals surface area contributed by atoms with Gasteiger partial charge in [-0.2, -0.15) is 5.10 Å². The SMILES string of the molecule is CN1CC(c2cc(CN3CCOCC3)cc(Nc3ncc4cc(-c5nccs5)c(OC5CCNCC5)cc4n3)c2)C=N1. The third-order valence-corrected chi connectivity index (χ3v) is 8.84. The van der Waals surface area contributed by atoms with Crippen LogP contribution in [0, 0.1) is 0 Å². The van der Waals surface area contributed by atoms with Crippen molar-refractivity contribution in [1.29, 1.82) is 0 Å². The van der Waals surface area contributed by atoms with Crippen molar-refractivity contribution in [3.05, 3.63) is 59.2 Å². The van der Waals surface area contributed by atoms with E-state index in [4.69, 9.17) is 19.4 Å². The fraction of sp³-hybridized carbons (Fsp3) is 0.419. The summed E-state index contributed by atoms with van der Waals surface area (Å²) in [7, 11) is 2.01. The van der Waals surface area contributed by atoms with E-state index in [0.717, 1.165) is 98.2 Å². The molecule has 2 N–H and O–H groups in total. The van der Waals surface area contributed by atoms with Gasteiger partial charge in [0.1, 0.15) is 16.9 Å². The number of fused-ring (bicyclic) bond motifs is 1. The van der Waals surface area contributed by atoms with Crippen LogP contribution in [0.2, 0.25) is 0 Å². The summed E-state index contributed by atoms with van der Waals surface area (Å²) in [6.45, 7) is 7.13. The van der Waals surface area contributed by atoms with Crippen LogP contribution in [-0.4, -0.2) is 90.2 Å². The van der Waals surface area contributed by atoms with E-state index in [1.54, 1.807) is 11.3 Å². The zero-order valence-corrected chi connectivity index (χ0v) is 24.6. The molecule has 2 fully saturated rings. The average Bonchev–Trinajstić information content (AvgIpc) is 3.70. The van der Waals surface area contributed by atoms with Crippen LogP contribution in [0.25, 0.3) is 21.5 Å².